The quantitative estimate of drug-likeness (QED) is 0.217. The van der Waals surface area contributed by atoms with E-state index >= 15 is 0 Å². The summed E-state index contributed by atoms with van der Waals surface area (Å²) in [6.45, 7) is 0. The zero-order valence-corrected chi connectivity index (χ0v) is 30.9. The standard InChI is InChI=1S/C24H8Cl14S2/c25-7-1-3-9(11(27)5-7)23(19(35)15(31)13(29)16(32)20(23)36)39-40-24(10-4-2-8(26)6-12(10)28)21(37)17(33)14(30)18(34)22(24)38/h1-6,19,21H. The molecule has 2 aromatic carbocycles. The summed E-state index contributed by atoms with van der Waals surface area (Å²) in [5.41, 5.74) is 0.846. The second-order valence-electron chi connectivity index (χ2n) is 8.19. The lowest BCUT2D eigenvalue weighted by Gasteiger charge is -2.45. The first kappa shape index (κ1) is 35.0. The second-order valence-corrected chi connectivity index (χ2v) is 16.5. The van der Waals surface area contributed by atoms with Gasteiger partial charge in [-0.05, 0) is 35.4 Å². The maximum Gasteiger partial charge on any atom is 0.111 e. The van der Waals surface area contributed by atoms with Gasteiger partial charge >= 0.3 is 0 Å². The Morgan fingerprint density at radius 3 is 1.10 bits per heavy atom. The summed E-state index contributed by atoms with van der Waals surface area (Å²) in [5, 5.41) is -0.940. The number of hydrogen-bond acceptors (Lipinski definition) is 2. The Labute approximate surface area is 308 Å². The zero-order chi connectivity index (χ0) is 29.9. The van der Waals surface area contributed by atoms with Crippen molar-refractivity contribution < 1.29 is 0 Å². The van der Waals surface area contributed by atoms with Gasteiger partial charge in [0, 0.05) is 20.1 Å². The maximum atomic E-state index is 7.02. The van der Waals surface area contributed by atoms with Crippen LogP contribution in [0.1, 0.15) is 11.1 Å². The van der Waals surface area contributed by atoms with Crippen LogP contribution in [0.15, 0.2) is 76.7 Å². The Balaban J connectivity index is 2.02. The van der Waals surface area contributed by atoms with Crippen molar-refractivity contribution in [1.82, 2.24) is 0 Å². The summed E-state index contributed by atoms with van der Waals surface area (Å²) in [7, 11) is 2.20. The fourth-order valence-corrected chi connectivity index (χ4v) is 13.6. The molecular formula is C24H8Cl14S2. The van der Waals surface area contributed by atoms with E-state index in [1.54, 1.807) is 24.3 Å². The zero-order valence-electron chi connectivity index (χ0n) is 18.7. The second kappa shape index (κ2) is 13.5. The Kier molecular flexibility index (Phi) is 11.8. The van der Waals surface area contributed by atoms with E-state index in [0.29, 0.717) is 21.2 Å². The minimum Gasteiger partial charge on any atom is -0.114 e. The average molecular weight is 857 g/mol. The van der Waals surface area contributed by atoms with Gasteiger partial charge in [0.25, 0.3) is 0 Å². The minimum absolute atomic E-state index is 0.0123. The fraction of sp³-hybridized carbons (Fsp3) is 0.167. The highest BCUT2D eigenvalue weighted by atomic mass is 35.5. The molecule has 2 aromatic rings. The van der Waals surface area contributed by atoms with E-state index < -0.39 is 20.2 Å². The summed E-state index contributed by atoms with van der Waals surface area (Å²) < 4.78 is -2.93. The van der Waals surface area contributed by atoms with Gasteiger partial charge in [0.15, 0.2) is 0 Å². The lowest BCUT2D eigenvalue weighted by Crippen LogP contribution is -2.40. The molecule has 0 heterocycles. The first-order valence-corrected chi connectivity index (χ1v) is 18.0. The van der Waals surface area contributed by atoms with Crippen LogP contribution in [-0.2, 0) is 9.49 Å². The molecule has 0 aliphatic heterocycles. The smallest absolute Gasteiger partial charge is 0.111 e. The van der Waals surface area contributed by atoms with Crippen LogP contribution in [0.25, 0.3) is 0 Å². The molecule has 0 saturated heterocycles. The van der Waals surface area contributed by atoms with Gasteiger partial charge in [0.05, 0.1) is 51.0 Å². The molecule has 4 rings (SSSR count). The maximum absolute atomic E-state index is 7.02. The van der Waals surface area contributed by atoms with Crippen molar-refractivity contribution in [3.63, 3.8) is 0 Å². The first-order valence-electron chi connectivity index (χ1n) is 10.4. The topological polar surface area (TPSA) is 0 Å². The predicted octanol–water partition coefficient (Wildman–Crippen LogP) is 14.8. The average Bonchev–Trinajstić information content (AvgIpc) is 2.91. The van der Waals surface area contributed by atoms with Gasteiger partial charge < -0.3 is 0 Å². The molecule has 2 aliphatic rings. The third kappa shape index (κ3) is 5.79. The van der Waals surface area contributed by atoms with Crippen LogP contribution in [0.4, 0.5) is 0 Å². The van der Waals surface area contributed by atoms with Crippen LogP contribution >= 0.6 is 184 Å². The molecule has 0 aromatic heterocycles. The lowest BCUT2D eigenvalue weighted by molar-refractivity contribution is 0.754. The highest BCUT2D eigenvalue weighted by Crippen LogP contribution is 2.69. The first-order chi connectivity index (χ1) is 18.6. The number of rotatable bonds is 5. The summed E-state index contributed by atoms with van der Waals surface area (Å²) in [5.74, 6) is 0. The van der Waals surface area contributed by atoms with Crippen LogP contribution < -0.4 is 0 Å². The molecule has 40 heavy (non-hydrogen) atoms. The van der Waals surface area contributed by atoms with E-state index in [4.69, 9.17) is 162 Å². The summed E-state index contributed by atoms with van der Waals surface area (Å²) >= 11 is 93.0. The molecule has 16 heteroatoms. The number of alkyl halides is 2. The molecule has 2 aliphatic carbocycles. The molecule has 4 unspecified atom stereocenters. The van der Waals surface area contributed by atoms with E-state index in [1.807, 2.05) is 0 Å². The van der Waals surface area contributed by atoms with E-state index in [0.717, 1.165) is 21.6 Å². The number of benzene rings is 2. The summed E-state index contributed by atoms with van der Waals surface area (Å²) in [6, 6.07) is 9.59. The number of allylic oxidation sites excluding steroid dienone is 6. The lowest BCUT2D eigenvalue weighted by atomic mass is 9.90. The molecule has 214 valence electrons. The highest BCUT2D eigenvalue weighted by Gasteiger charge is 2.57. The molecule has 0 nitrogen and oxygen atoms in total. The molecule has 4 atom stereocenters. The fourth-order valence-electron chi connectivity index (χ4n) is 4.00. The van der Waals surface area contributed by atoms with Crippen LogP contribution in [0, 0.1) is 0 Å². The monoisotopic (exact) mass is 850 g/mol. The molecule has 0 amide bonds. The van der Waals surface area contributed by atoms with Crippen molar-refractivity contribution in [2.75, 3.05) is 0 Å². The Morgan fingerprint density at radius 2 is 0.800 bits per heavy atom. The third-order valence-corrected chi connectivity index (χ3v) is 16.5. The Bertz CT molecular complexity index is 1420. The molecular weight excluding hydrogens is 849 g/mol. The van der Waals surface area contributed by atoms with Crippen molar-refractivity contribution in [3.05, 3.63) is 108 Å². The number of halogens is 14. The van der Waals surface area contributed by atoms with Gasteiger partial charge in [-0.2, -0.15) is 0 Å². The van der Waals surface area contributed by atoms with Gasteiger partial charge in [0.2, 0.25) is 0 Å². The minimum atomic E-state index is -1.47. The van der Waals surface area contributed by atoms with Gasteiger partial charge in [0.1, 0.15) is 9.49 Å². The predicted molar refractivity (Wildman–Crippen MR) is 186 cm³/mol. The van der Waals surface area contributed by atoms with Gasteiger partial charge in [-0.1, -0.05) is 173 Å². The van der Waals surface area contributed by atoms with Crippen LogP contribution in [0.5, 0.6) is 0 Å². The van der Waals surface area contributed by atoms with E-state index in [9.17, 15) is 0 Å². The molecule has 0 bridgehead atoms. The van der Waals surface area contributed by atoms with Gasteiger partial charge in [-0.15, -0.1) is 23.2 Å². The Hall–Kier alpha value is 2.16. The highest BCUT2D eigenvalue weighted by molar-refractivity contribution is 8.77. The van der Waals surface area contributed by atoms with E-state index in [-0.39, 0.29) is 50.3 Å². The van der Waals surface area contributed by atoms with Crippen molar-refractivity contribution in [3.8, 4) is 0 Å². The largest absolute Gasteiger partial charge is 0.114 e. The van der Waals surface area contributed by atoms with Crippen molar-refractivity contribution in [2.24, 2.45) is 0 Å². The van der Waals surface area contributed by atoms with Crippen LogP contribution in [0.3, 0.4) is 0 Å². The van der Waals surface area contributed by atoms with Crippen molar-refractivity contribution in [1.29, 1.82) is 0 Å². The Morgan fingerprint density at radius 1 is 0.475 bits per heavy atom. The SMILES string of the molecule is ClC1=C(Cl)C(Cl)C(SSC2(c3ccc(Cl)cc3Cl)C(Cl)=C(Cl)C(Cl)=C(Cl)C2Cl)(c2ccc(Cl)cc2Cl)C(Cl)=C1Cl. The molecule has 0 spiro atoms. The molecule has 0 N–H and O–H groups in total. The summed E-state index contributed by atoms with van der Waals surface area (Å²) in [6.07, 6.45) is 0. The van der Waals surface area contributed by atoms with Crippen LogP contribution in [0.2, 0.25) is 20.1 Å². The number of hydrogen-bond donors (Lipinski definition) is 0. The molecule has 0 radical (unpaired) electrons. The van der Waals surface area contributed by atoms with E-state index in [1.165, 1.54) is 12.1 Å². The normalized spacial score (nSPS) is 27.8. The van der Waals surface area contributed by atoms with Crippen molar-refractivity contribution in [2.45, 2.75) is 20.2 Å². The third-order valence-electron chi connectivity index (χ3n) is 5.97. The molecule has 0 fully saturated rings. The van der Waals surface area contributed by atoms with Crippen molar-refractivity contribution >= 4 is 184 Å². The summed E-state index contributed by atoms with van der Waals surface area (Å²) in [4.78, 5) is 0. The van der Waals surface area contributed by atoms with Gasteiger partial charge in [-0.25, -0.2) is 0 Å². The van der Waals surface area contributed by atoms with E-state index in [2.05, 4.69) is 0 Å². The van der Waals surface area contributed by atoms with Crippen LogP contribution in [-0.4, -0.2) is 10.8 Å². The molecule has 0 saturated carbocycles. The van der Waals surface area contributed by atoms with Gasteiger partial charge in [-0.3, -0.25) is 0 Å².